The third-order valence-electron chi connectivity index (χ3n) is 2.31. The highest BCUT2D eigenvalue weighted by Gasteiger charge is 2.08. The van der Waals surface area contributed by atoms with Crippen molar-refractivity contribution >= 4 is 22.6 Å². The van der Waals surface area contributed by atoms with Crippen LogP contribution < -0.4 is 5.56 Å². The Balaban J connectivity index is 2.46. The summed E-state index contributed by atoms with van der Waals surface area (Å²) in [5.41, 5.74) is -0.0453. The van der Waals surface area contributed by atoms with Gasteiger partial charge in [-0.2, -0.15) is 5.10 Å². The average molecular weight is 331 g/mol. The van der Waals surface area contributed by atoms with E-state index in [4.69, 9.17) is 0 Å². The van der Waals surface area contributed by atoms with Crippen molar-refractivity contribution < 1.29 is 0 Å². The van der Waals surface area contributed by atoms with E-state index in [0.717, 1.165) is 5.82 Å². The van der Waals surface area contributed by atoms with Crippen LogP contribution in [-0.2, 0) is 13.6 Å². The molecule has 7 heteroatoms. The van der Waals surface area contributed by atoms with Crippen LogP contribution in [0.15, 0.2) is 17.3 Å². The minimum Gasteiger partial charge on any atom is -0.288 e. The van der Waals surface area contributed by atoms with Crippen LogP contribution in [-0.4, -0.2) is 24.3 Å². The molecule has 0 unspecified atom stereocenters. The molecule has 0 aliphatic heterocycles. The molecule has 0 aliphatic rings. The number of halogens is 1. The van der Waals surface area contributed by atoms with Gasteiger partial charge in [0.05, 0.1) is 10.1 Å². The van der Waals surface area contributed by atoms with E-state index in [1.807, 2.05) is 22.6 Å². The highest BCUT2D eigenvalue weighted by molar-refractivity contribution is 14.1. The number of hydrogen-bond donors (Lipinski definition) is 0. The molecule has 84 valence electrons. The molecular formula is C9H10IN5O. The fourth-order valence-electron chi connectivity index (χ4n) is 1.34. The van der Waals surface area contributed by atoms with Gasteiger partial charge in [-0.1, -0.05) is 0 Å². The lowest BCUT2D eigenvalue weighted by atomic mass is 10.5. The predicted molar refractivity (Wildman–Crippen MR) is 66.1 cm³/mol. The van der Waals surface area contributed by atoms with Gasteiger partial charge in [-0.25, -0.2) is 9.97 Å². The van der Waals surface area contributed by atoms with Crippen LogP contribution in [0.5, 0.6) is 0 Å². The second-order valence-corrected chi connectivity index (χ2v) is 4.51. The van der Waals surface area contributed by atoms with Crippen molar-refractivity contribution in [3.63, 3.8) is 0 Å². The summed E-state index contributed by atoms with van der Waals surface area (Å²) < 4.78 is 3.84. The van der Waals surface area contributed by atoms with Crippen LogP contribution in [0.2, 0.25) is 0 Å². The summed E-state index contributed by atoms with van der Waals surface area (Å²) in [6, 6.07) is 0. The molecule has 0 bridgehead atoms. The van der Waals surface area contributed by atoms with Gasteiger partial charge in [0.25, 0.3) is 5.56 Å². The largest absolute Gasteiger partial charge is 0.288 e. The first-order chi connectivity index (χ1) is 7.59. The quantitative estimate of drug-likeness (QED) is 0.744. The van der Waals surface area contributed by atoms with Gasteiger partial charge >= 0.3 is 0 Å². The van der Waals surface area contributed by atoms with Crippen molar-refractivity contribution in [1.82, 2.24) is 24.3 Å². The van der Waals surface area contributed by atoms with Gasteiger partial charge in [0.15, 0.2) is 0 Å². The summed E-state index contributed by atoms with van der Waals surface area (Å²) in [5, 5.41) is 3.96. The predicted octanol–water partition coefficient (Wildman–Crippen LogP) is 0.333. The third-order valence-corrected chi connectivity index (χ3v) is 3.05. The number of nitrogens with zero attached hydrogens (tertiary/aromatic N) is 5. The fraction of sp³-hybridized carbons (Fsp3) is 0.333. The Morgan fingerprint density at radius 2 is 2.19 bits per heavy atom. The van der Waals surface area contributed by atoms with E-state index in [1.54, 1.807) is 29.4 Å². The third kappa shape index (κ3) is 1.99. The van der Waals surface area contributed by atoms with E-state index in [9.17, 15) is 4.79 Å². The summed E-state index contributed by atoms with van der Waals surface area (Å²) in [4.78, 5) is 20.1. The zero-order chi connectivity index (χ0) is 11.7. The first-order valence-electron chi connectivity index (χ1n) is 4.64. The van der Waals surface area contributed by atoms with Crippen LogP contribution in [0.1, 0.15) is 11.6 Å². The van der Waals surface area contributed by atoms with Crippen molar-refractivity contribution in [3.8, 4) is 0 Å². The highest BCUT2D eigenvalue weighted by atomic mass is 127. The molecule has 0 atom stereocenters. The lowest BCUT2D eigenvalue weighted by molar-refractivity contribution is 0.616. The van der Waals surface area contributed by atoms with E-state index in [-0.39, 0.29) is 5.56 Å². The molecule has 0 amide bonds. The Morgan fingerprint density at radius 3 is 2.81 bits per heavy atom. The van der Waals surface area contributed by atoms with Crippen molar-refractivity contribution in [2.24, 2.45) is 7.05 Å². The fourth-order valence-corrected chi connectivity index (χ4v) is 1.77. The zero-order valence-corrected chi connectivity index (χ0v) is 11.0. The number of aromatic nitrogens is 5. The Morgan fingerprint density at radius 1 is 1.44 bits per heavy atom. The Labute approximate surface area is 105 Å². The second kappa shape index (κ2) is 4.32. The SMILES string of the molecule is Cc1ncc(I)c(=O)n1Cc1ncnn1C. The van der Waals surface area contributed by atoms with Gasteiger partial charge in [-0.05, 0) is 29.5 Å². The molecule has 0 fully saturated rings. The van der Waals surface area contributed by atoms with Crippen LogP contribution in [0.4, 0.5) is 0 Å². The van der Waals surface area contributed by atoms with E-state index in [0.29, 0.717) is 15.9 Å². The molecule has 0 aliphatic carbocycles. The molecule has 2 heterocycles. The smallest absolute Gasteiger partial charge is 0.267 e. The molecule has 0 spiro atoms. The van der Waals surface area contributed by atoms with E-state index in [2.05, 4.69) is 15.1 Å². The van der Waals surface area contributed by atoms with Crippen LogP contribution in [0.3, 0.4) is 0 Å². The zero-order valence-electron chi connectivity index (χ0n) is 8.88. The molecule has 2 rings (SSSR count). The van der Waals surface area contributed by atoms with Crippen molar-refractivity contribution in [1.29, 1.82) is 0 Å². The van der Waals surface area contributed by atoms with E-state index in [1.165, 1.54) is 6.33 Å². The molecule has 6 nitrogen and oxygen atoms in total. The number of aryl methyl sites for hydroxylation is 2. The van der Waals surface area contributed by atoms with Gasteiger partial charge in [0, 0.05) is 13.2 Å². The molecule has 2 aromatic rings. The summed E-state index contributed by atoms with van der Waals surface area (Å²) in [5.74, 6) is 1.41. The van der Waals surface area contributed by atoms with Gasteiger partial charge in [0.2, 0.25) is 0 Å². The standard InChI is InChI=1S/C9H10IN5O/c1-6-11-3-7(10)9(16)15(6)4-8-12-5-13-14(8)2/h3,5H,4H2,1-2H3. The van der Waals surface area contributed by atoms with Gasteiger partial charge < -0.3 is 0 Å². The number of rotatable bonds is 2. The van der Waals surface area contributed by atoms with Crippen molar-refractivity contribution in [3.05, 3.63) is 38.1 Å². The highest BCUT2D eigenvalue weighted by Crippen LogP contribution is 2.00. The van der Waals surface area contributed by atoms with Gasteiger partial charge in [-0.15, -0.1) is 0 Å². The Kier molecular flexibility index (Phi) is 3.03. The van der Waals surface area contributed by atoms with Crippen LogP contribution in [0.25, 0.3) is 0 Å². The molecular weight excluding hydrogens is 321 g/mol. The average Bonchev–Trinajstić information content (AvgIpc) is 2.65. The van der Waals surface area contributed by atoms with Gasteiger partial charge in [-0.3, -0.25) is 14.0 Å². The first kappa shape index (κ1) is 11.2. The molecule has 0 aromatic carbocycles. The molecule has 0 N–H and O–H groups in total. The maximum absolute atomic E-state index is 11.9. The Bertz CT molecular complexity index is 574. The Hall–Kier alpha value is -1.25. The summed E-state index contributed by atoms with van der Waals surface area (Å²) >= 11 is 1.98. The summed E-state index contributed by atoms with van der Waals surface area (Å²) in [6.45, 7) is 2.19. The topological polar surface area (TPSA) is 65.6 Å². The maximum atomic E-state index is 11.9. The minimum atomic E-state index is -0.0453. The summed E-state index contributed by atoms with van der Waals surface area (Å²) in [6.07, 6.45) is 3.04. The monoisotopic (exact) mass is 331 g/mol. The molecule has 0 saturated carbocycles. The normalized spacial score (nSPS) is 10.7. The van der Waals surface area contributed by atoms with Crippen molar-refractivity contribution in [2.45, 2.75) is 13.5 Å². The van der Waals surface area contributed by atoms with Crippen LogP contribution >= 0.6 is 22.6 Å². The first-order valence-corrected chi connectivity index (χ1v) is 5.72. The van der Waals surface area contributed by atoms with Crippen LogP contribution in [0, 0.1) is 10.5 Å². The minimum absolute atomic E-state index is 0.0453. The van der Waals surface area contributed by atoms with E-state index >= 15 is 0 Å². The molecule has 0 radical (unpaired) electrons. The van der Waals surface area contributed by atoms with Crippen molar-refractivity contribution in [2.75, 3.05) is 0 Å². The summed E-state index contributed by atoms with van der Waals surface area (Å²) in [7, 11) is 1.80. The second-order valence-electron chi connectivity index (χ2n) is 3.34. The molecule has 0 saturated heterocycles. The lowest BCUT2D eigenvalue weighted by Crippen LogP contribution is -2.27. The molecule has 2 aromatic heterocycles. The van der Waals surface area contributed by atoms with Gasteiger partial charge in [0.1, 0.15) is 18.0 Å². The lowest BCUT2D eigenvalue weighted by Gasteiger charge is -2.08. The van der Waals surface area contributed by atoms with E-state index < -0.39 is 0 Å². The number of hydrogen-bond acceptors (Lipinski definition) is 4. The molecule has 16 heavy (non-hydrogen) atoms. The maximum Gasteiger partial charge on any atom is 0.267 e.